The average molecular weight is 675 g/mol. The van der Waals surface area contributed by atoms with Crippen LogP contribution in [-0.2, 0) is 16.0 Å². The maximum Gasteiger partial charge on any atom is 0.274 e. The predicted octanol–water partition coefficient (Wildman–Crippen LogP) is 4.48. The molecule has 1 aliphatic rings. The number of benzene rings is 2. The number of amides is 3. The third-order valence-corrected chi connectivity index (χ3v) is 8.89. The molecule has 0 saturated carbocycles. The van der Waals surface area contributed by atoms with Crippen LogP contribution in [0.5, 0.6) is 5.75 Å². The van der Waals surface area contributed by atoms with Gasteiger partial charge in [0.15, 0.2) is 0 Å². The van der Waals surface area contributed by atoms with E-state index in [1.165, 1.54) is 36.4 Å². The molecule has 1 fully saturated rings. The molecule has 3 amide bonds. The van der Waals surface area contributed by atoms with Crippen molar-refractivity contribution < 1.29 is 27.9 Å². The van der Waals surface area contributed by atoms with Crippen LogP contribution in [0.3, 0.4) is 0 Å². The van der Waals surface area contributed by atoms with Crippen LogP contribution in [0.2, 0.25) is 0 Å². The first-order chi connectivity index (χ1) is 23.3. The number of carbonyl (C=O) groups excluding carboxylic acids is 3. The zero-order chi connectivity index (χ0) is 35.3. The van der Waals surface area contributed by atoms with E-state index in [1.54, 1.807) is 46.5 Å². The summed E-state index contributed by atoms with van der Waals surface area (Å²) in [6.07, 6.45) is 3.85. The average Bonchev–Trinajstić information content (AvgIpc) is 3.69. The Morgan fingerprint density at radius 3 is 2.33 bits per heavy atom. The molecular weight excluding hydrogens is 630 g/mol. The second kappa shape index (κ2) is 15.1. The highest BCUT2D eigenvalue weighted by molar-refractivity contribution is 5.93. The van der Waals surface area contributed by atoms with Gasteiger partial charge in [-0.3, -0.25) is 14.4 Å². The molecule has 0 radical (unpaired) electrons. The van der Waals surface area contributed by atoms with Gasteiger partial charge in [-0.05, 0) is 79.9 Å². The predicted molar refractivity (Wildman–Crippen MR) is 182 cm³/mol. The third kappa shape index (κ3) is 8.80. The molecule has 0 aliphatic carbocycles. The topological polar surface area (TPSA) is 108 Å². The number of pyridine rings is 1. The van der Waals surface area contributed by atoms with E-state index in [4.69, 9.17) is 4.74 Å². The molecule has 49 heavy (non-hydrogen) atoms. The Morgan fingerprint density at radius 1 is 1.02 bits per heavy atom. The van der Waals surface area contributed by atoms with Crippen LogP contribution in [0.25, 0.3) is 5.65 Å². The van der Waals surface area contributed by atoms with Gasteiger partial charge >= 0.3 is 0 Å². The van der Waals surface area contributed by atoms with Crippen LogP contribution in [0.4, 0.5) is 8.78 Å². The van der Waals surface area contributed by atoms with Crippen LogP contribution in [0.1, 0.15) is 50.2 Å². The normalized spacial score (nSPS) is 17.5. The lowest BCUT2D eigenvalue weighted by Crippen LogP contribution is -2.59. The number of rotatable bonds is 12. The maximum atomic E-state index is 14.5. The highest BCUT2D eigenvalue weighted by Gasteiger charge is 2.44. The van der Waals surface area contributed by atoms with Gasteiger partial charge in [0, 0.05) is 31.9 Å². The van der Waals surface area contributed by atoms with Crippen molar-refractivity contribution in [2.45, 2.75) is 64.8 Å². The fourth-order valence-corrected chi connectivity index (χ4v) is 5.97. The van der Waals surface area contributed by atoms with Gasteiger partial charge in [-0.2, -0.15) is 0 Å². The maximum absolute atomic E-state index is 14.5. The molecule has 4 aromatic rings. The molecular formula is C37H44F2N6O4. The molecule has 1 aliphatic heterocycles. The number of aromatic nitrogens is 2. The number of likely N-dealkylation sites (tertiary alicyclic amines) is 1. The minimum absolute atomic E-state index is 0.153. The molecule has 12 heteroatoms. The van der Waals surface area contributed by atoms with Crippen LogP contribution >= 0.6 is 0 Å². The van der Waals surface area contributed by atoms with Crippen molar-refractivity contribution in [3.63, 3.8) is 0 Å². The second-order valence-electron chi connectivity index (χ2n) is 13.6. The number of hydrogen-bond donors (Lipinski definition) is 2. The molecule has 2 N–H and O–H groups in total. The Bertz CT molecular complexity index is 1720. The molecule has 2 aromatic heterocycles. The summed E-state index contributed by atoms with van der Waals surface area (Å²) in [5.41, 5.74) is 1.07. The highest BCUT2D eigenvalue weighted by atomic mass is 19.1. The first-order valence-electron chi connectivity index (χ1n) is 16.5. The van der Waals surface area contributed by atoms with Crippen molar-refractivity contribution >= 4 is 23.4 Å². The number of carbonyl (C=O) groups is 3. The Balaban J connectivity index is 1.46. The third-order valence-electron chi connectivity index (χ3n) is 8.89. The zero-order valence-electron chi connectivity index (χ0n) is 28.5. The summed E-state index contributed by atoms with van der Waals surface area (Å²) in [5, 5.41) is 5.86. The summed E-state index contributed by atoms with van der Waals surface area (Å²) in [7, 11) is 1.67. The van der Waals surface area contributed by atoms with Gasteiger partial charge in [-0.1, -0.05) is 39.0 Å². The Kier molecular flexibility index (Phi) is 11.0. The fraction of sp³-hybridized carbons (Fsp3) is 0.405. The van der Waals surface area contributed by atoms with Gasteiger partial charge in [0.05, 0.1) is 18.6 Å². The molecule has 4 atom stereocenters. The zero-order valence-corrected chi connectivity index (χ0v) is 28.5. The molecule has 10 nitrogen and oxygen atoms in total. The quantitative estimate of drug-likeness (QED) is 0.230. The number of imidazole rings is 1. The van der Waals surface area contributed by atoms with Gasteiger partial charge < -0.3 is 29.6 Å². The smallest absolute Gasteiger partial charge is 0.274 e. The minimum atomic E-state index is -0.871. The summed E-state index contributed by atoms with van der Waals surface area (Å²) in [6, 6.07) is 15.4. The van der Waals surface area contributed by atoms with E-state index in [2.05, 4.69) is 15.6 Å². The van der Waals surface area contributed by atoms with E-state index >= 15 is 0 Å². The number of nitrogens with one attached hydrogen (secondary N) is 2. The number of nitrogens with zero attached hydrogens (tertiary/aromatic N) is 4. The van der Waals surface area contributed by atoms with E-state index in [-0.39, 0.29) is 48.9 Å². The number of likely N-dealkylation sites (N-methyl/N-ethyl adjacent to an activating group) is 1. The van der Waals surface area contributed by atoms with E-state index in [0.717, 1.165) is 5.56 Å². The van der Waals surface area contributed by atoms with E-state index in [1.807, 2.05) is 45.2 Å². The summed E-state index contributed by atoms with van der Waals surface area (Å²) < 4.78 is 35.3. The standard InChI is InChI=1S/C37H44F2N6O4/c1-24(40-5)34(46)42-33(37(2,3)4)36(48)45-22-30(49-29-15-13-27(39)14-16-29)20-28(45)21-44(19-17-25-9-11-26(38)12-10-25)35(47)31-23-43-18-7-6-8-32(43)41-31/h6-16,18,23-24,28,30,33,40H,17,19-22H2,1-5H3,(H,42,46). The molecule has 5 rings (SSSR count). The lowest BCUT2D eigenvalue weighted by atomic mass is 9.85. The minimum Gasteiger partial charge on any atom is -0.489 e. The highest BCUT2D eigenvalue weighted by Crippen LogP contribution is 2.29. The van der Waals surface area contributed by atoms with Crippen molar-refractivity contribution in [2.75, 3.05) is 26.7 Å². The fourth-order valence-electron chi connectivity index (χ4n) is 5.97. The molecule has 260 valence electrons. The van der Waals surface area contributed by atoms with Crippen LogP contribution in [-0.4, -0.2) is 87.8 Å². The van der Waals surface area contributed by atoms with Crippen molar-refractivity contribution in [1.82, 2.24) is 29.8 Å². The van der Waals surface area contributed by atoms with Gasteiger partial charge in [0.25, 0.3) is 5.91 Å². The SMILES string of the molecule is CNC(C)C(=O)NC(C(=O)N1CC(Oc2ccc(F)cc2)CC1CN(CCc1ccc(F)cc1)C(=O)c1cn2ccccc2n1)C(C)(C)C. The second-order valence-corrected chi connectivity index (χ2v) is 13.6. The van der Waals surface area contributed by atoms with E-state index < -0.39 is 35.5 Å². The summed E-state index contributed by atoms with van der Waals surface area (Å²) in [5.74, 6) is -1.21. The van der Waals surface area contributed by atoms with Gasteiger partial charge in [-0.25, -0.2) is 13.8 Å². The van der Waals surface area contributed by atoms with E-state index in [9.17, 15) is 23.2 Å². The Hall–Kier alpha value is -4.84. The summed E-state index contributed by atoms with van der Waals surface area (Å²) in [4.78, 5) is 49.6. The molecule has 0 spiro atoms. The number of fused-ring (bicyclic) bond motifs is 1. The van der Waals surface area contributed by atoms with Gasteiger partial charge in [0.2, 0.25) is 11.8 Å². The molecule has 2 aromatic carbocycles. The van der Waals surface area contributed by atoms with Crippen molar-refractivity contribution in [1.29, 1.82) is 0 Å². The van der Waals surface area contributed by atoms with Crippen molar-refractivity contribution in [3.8, 4) is 5.75 Å². The number of ether oxygens (including phenoxy) is 1. The molecule has 3 heterocycles. The number of hydrogen-bond acceptors (Lipinski definition) is 6. The van der Waals surface area contributed by atoms with Crippen molar-refractivity contribution in [3.05, 3.63) is 102 Å². The Morgan fingerprint density at radius 2 is 1.69 bits per heavy atom. The monoisotopic (exact) mass is 674 g/mol. The Labute approximate surface area is 285 Å². The lowest BCUT2D eigenvalue weighted by Gasteiger charge is -2.37. The molecule has 1 saturated heterocycles. The van der Waals surface area contributed by atoms with Crippen LogP contribution in [0.15, 0.2) is 79.1 Å². The molecule has 0 bridgehead atoms. The first kappa shape index (κ1) is 35.5. The summed E-state index contributed by atoms with van der Waals surface area (Å²) in [6.45, 7) is 8.01. The van der Waals surface area contributed by atoms with Crippen LogP contribution < -0.4 is 15.4 Å². The largest absolute Gasteiger partial charge is 0.489 e. The van der Waals surface area contributed by atoms with Gasteiger partial charge in [-0.15, -0.1) is 0 Å². The number of halogens is 2. The molecule has 4 unspecified atom stereocenters. The van der Waals surface area contributed by atoms with Gasteiger partial charge in [0.1, 0.15) is 40.9 Å². The first-order valence-corrected chi connectivity index (χ1v) is 16.5. The van der Waals surface area contributed by atoms with Crippen molar-refractivity contribution in [2.24, 2.45) is 5.41 Å². The van der Waals surface area contributed by atoms with E-state index in [0.29, 0.717) is 24.2 Å². The summed E-state index contributed by atoms with van der Waals surface area (Å²) >= 11 is 0. The lowest BCUT2D eigenvalue weighted by molar-refractivity contribution is -0.141. The van der Waals surface area contributed by atoms with Crippen LogP contribution in [0, 0.1) is 17.0 Å².